The number of rotatable bonds is 2. The number of hydrogen-bond acceptors (Lipinski definition) is 4. The van der Waals surface area contributed by atoms with Crippen LogP contribution >= 0.6 is 27.5 Å². The largest absolute Gasteiger partial charge is 0.465 e. The lowest BCUT2D eigenvalue weighted by atomic mass is 10.2. The van der Waals surface area contributed by atoms with Gasteiger partial charge in [-0.15, -0.1) is 0 Å². The van der Waals surface area contributed by atoms with Gasteiger partial charge in [0.15, 0.2) is 0 Å². The number of anilines is 1. The molecular formula is C15H14BrClN4O2. The fraction of sp³-hybridized carbons (Fsp3) is 0.267. The Labute approximate surface area is 146 Å². The summed E-state index contributed by atoms with van der Waals surface area (Å²) in [6, 6.07) is 5.67. The van der Waals surface area contributed by atoms with Gasteiger partial charge in [-0.2, -0.15) is 0 Å². The lowest BCUT2D eigenvalue weighted by Gasteiger charge is -2.34. The molecule has 0 aromatic carbocycles. The van der Waals surface area contributed by atoms with E-state index in [9.17, 15) is 4.79 Å². The standard InChI is InChI=1S/C15H14BrClN4O2/c16-11-1-2-13(20-5-7-21(8-6-20)15(22)23)19-14(11)10-3-4-18-9-12(10)17/h1-4,9H,5-8H2,(H,22,23). The molecule has 1 saturated heterocycles. The van der Waals surface area contributed by atoms with Crippen LogP contribution in [-0.4, -0.2) is 52.2 Å². The third kappa shape index (κ3) is 3.40. The number of pyridine rings is 2. The van der Waals surface area contributed by atoms with E-state index in [2.05, 4.69) is 25.8 Å². The van der Waals surface area contributed by atoms with Crippen molar-refractivity contribution in [1.29, 1.82) is 0 Å². The summed E-state index contributed by atoms with van der Waals surface area (Å²) in [6.45, 7) is 2.17. The average Bonchev–Trinajstić information content (AvgIpc) is 2.56. The zero-order chi connectivity index (χ0) is 16.4. The molecule has 2 aromatic rings. The molecule has 0 spiro atoms. The molecule has 0 bridgehead atoms. The van der Waals surface area contributed by atoms with Crippen LogP contribution < -0.4 is 4.90 Å². The Morgan fingerprint density at radius 3 is 2.61 bits per heavy atom. The topological polar surface area (TPSA) is 69.6 Å². The summed E-state index contributed by atoms with van der Waals surface area (Å²) in [5, 5.41) is 9.56. The molecule has 1 aliphatic heterocycles. The minimum Gasteiger partial charge on any atom is -0.465 e. The van der Waals surface area contributed by atoms with Gasteiger partial charge in [0, 0.05) is 48.6 Å². The lowest BCUT2D eigenvalue weighted by molar-refractivity contribution is 0.142. The van der Waals surface area contributed by atoms with E-state index in [4.69, 9.17) is 21.7 Å². The van der Waals surface area contributed by atoms with Gasteiger partial charge in [0.25, 0.3) is 0 Å². The van der Waals surface area contributed by atoms with Crippen molar-refractivity contribution in [3.05, 3.63) is 40.1 Å². The summed E-state index contributed by atoms with van der Waals surface area (Å²) in [5.41, 5.74) is 1.55. The van der Waals surface area contributed by atoms with Gasteiger partial charge >= 0.3 is 6.09 Å². The first kappa shape index (κ1) is 16.0. The van der Waals surface area contributed by atoms with Crippen molar-refractivity contribution in [1.82, 2.24) is 14.9 Å². The van der Waals surface area contributed by atoms with Crippen LogP contribution in [0.15, 0.2) is 35.1 Å². The fourth-order valence-electron chi connectivity index (χ4n) is 2.49. The van der Waals surface area contributed by atoms with Crippen molar-refractivity contribution >= 4 is 39.4 Å². The zero-order valence-electron chi connectivity index (χ0n) is 12.1. The molecule has 0 saturated carbocycles. The monoisotopic (exact) mass is 396 g/mol. The molecule has 1 fully saturated rings. The highest BCUT2D eigenvalue weighted by Crippen LogP contribution is 2.33. The van der Waals surface area contributed by atoms with Crippen LogP contribution in [0.2, 0.25) is 5.02 Å². The van der Waals surface area contributed by atoms with Crippen LogP contribution in [0.25, 0.3) is 11.3 Å². The molecule has 3 rings (SSSR count). The summed E-state index contributed by atoms with van der Waals surface area (Å²) in [5.74, 6) is 0.807. The van der Waals surface area contributed by atoms with Gasteiger partial charge in [-0.1, -0.05) is 11.6 Å². The number of piperazine rings is 1. The highest BCUT2D eigenvalue weighted by molar-refractivity contribution is 9.10. The first-order chi connectivity index (χ1) is 11.1. The van der Waals surface area contributed by atoms with E-state index in [-0.39, 0.29) is 0 Å². The molecular weight excluding hydrogens is 384 g/mol. The quantitative estimate of drug-likeness (QED) is 0.841. The highest BCUT2D eigenvalue weighted by Gasteiger charge is 2.22. The SMILES string of the molecule is O=C(O)N1CCN(c2ccc(Br)c(-c3ccncc3Cl)n2)CC1. The van der Waals surface area contributed by atoms with Crippen LogP contribution in [0, 0.1) is 0 Å². The van der Waals surface area contributed by atoms with E-state index < -0.39 is 6.09 Å². The van der Waals surface area contributed by atoms with E-state index in [0.29, 0.717) is 31.2 Å². The number of carboxylic acid groups (broad SMARTS) is 1. The Kier molecular flexibility index (Phi) is 4.68. The molecule has 1 N–H and O–H groups in total. The molecule has 0 aliphatic carbocycles. The summed E-state index contributed by atoms with van der Waals surface area (Å²) < 4.78 is 0.846. The zero-order valence-corrected chi connectivity index (χ0v) is 14.5. The van der Waals surface area contributed by atoms with Crippen molar-refractivity contribution in [3.8, 4) is 11.3 Å². The fourth-order valence-corrected chi connectivity index (χ4v) is 3.13. The smallest absolute Gasteiger partial charge is 0.407 e. The number of amides is 1. The van der Waals surface area contributed by atoms with Crippen molar-refractivity contribution in [3.63, 3.8) is 0 Å². The number of aromatic nitrogens is 2. The van der Waals surface area contributed by atoms with Gasteiger partial charge in [-0.05, 0) is 34.1 Å². The summed E-state index contributed by atoms with van der Waals surface area (Å²) in [6.07, 6.45) is 2.38. The van der Waals surface area contributed by atoms with Crippen LogP contribution in [0.3, 0.4) is 0 Å². The molecule has 6 nitrogen and oxygen atoms in total. The van der Waals surface area contributed by atoms with Crippen molar-refractivity contribution in [2.24, 2.45) is 0 Å². The minimum atomic E-state index is -0.877. The van der Waals surface area contributed by atoms with Crippen molar-refractivity contribution in [2.75, 3.05) is 31.1 Å². The van der Waals surface area contributed by atoms with Crippen molar-refractivity contribution in [2.45, 2.75) is 0 Å². The van der Waals surface area contributed by atoms with Gasteiger partial charge in [0.1, 0.15) is 5.82 Å². The second kappa shape index (κ2) is 6.72. The Morgan fingerprint density at radius 1 is 1.22 bits per heavy atom. The van der Waals surface area contributed by atoms with Crippen LogP contribution in [0.5, 0.6) is 0 Å². The molecule has 0 unspecified atom stereocenters. The maximum absolute atomic E-state index is 11.0. The summed E-state index contributed by atoms with van der Waals surface area (Å²) >= 11 is 9.72. The Bertz CT molecular complexity index is 735. The maximum Gasteiger partial charge on any atom is 0.407 e. The van der Waals surface area contributed by atoms with E-state index in [0.717, 1.165) is 21.5 Å². The summed E-state index contributed by atoms with van der Waals surface area (Å²) in [7, 11) is 0. The number of carbonyl (C=O) groups is 1. The first-order valence-electron chi connectivity index (χ1n) is 7.05. The van der Waals surface area contributed by atoms with E-state index in [1.54, 1.807) is 12.4 Å². The van der Waals surface area contributed by atoms with Gasteiger partial charge in [-0.3, -0.25) is 4.98 Å². The molecule has 2 aromatic heterocycles. The van der Waals surface area contributed by atoms with Crippen LogP contribution in [0.4, 0.5) is 10.6 Å². The average molecular weight is 398 g/mol. The Balaban J connectivity index is 1.87. The summed E-state index contributed by atoms with van der Waals surface area (Å²) in [4.78, 5) is 23.2. The lowest BCUT2D eigenvalue weighted by Crippen LogP contribution is -2.48. The molecule has 0 radical (unpaired) electrons. The first-order valence-corrected chi connectivity index (χ1v) is 8.22. The number of hydrogen-bond donors (Lipinski definition) is 1. The normalized spacial score (nSPS) is 14.9. The van der Waals surface area contributed by atoms with Crippen LogP contribution in [-0.2, 0) is 0 Å². The predicted octanol–water partition coefficient (Wildman–Crippen LogP) is 3.36. The molecule has 120 valence electrons. The van der Waals surface area contributed by atoms with Crippen molar-refractivity contribution < 1.29 is 9.90 Å². The highest BCUT2D eigenvalue weighted by atomic mass is 79.9. The van der Waals surface area contributed by atoms with Gasteiger partial charge in [0.2, 0.25) is 0 Å². The van der Waals surface area contributed by atoms with E-state index in [1.165, 1.54) is 4.90 Å². The number of nitrogens with zero attached hydrogens (tertiary/aromatic N) is 4. The minimum absolute atomic E-state index is 0.471. The number of halogens is 2. The molecule has 1 amide bonds. The molecule has 3 heterocycles. The Morgan fingerprint density at radius 2 is 1.96 bits per heavy atom. The molecule has 8 heteroatoms. The van der Waals surface area contributed by atoms with Gasteiger partial charge in [0.05, 0.1) is 10.7 Å². The third-order valence-corrected chi connectivity index (χ3v) is 4.67. The Hall–Kier alpha value is -1.86. The third-order valence-electron chi connectivity index (χ3n) is 3.73. The van der Waals surface area contributed by atoms with Gasteiger partial charge in [-0.25, -0.2) is 9.78 Å². The van der Waals surface area contributed by atoms with Crippen LogP contribution in [0.1, 0.15) is 0 Å². The second-order valence-corrected chi connectivity index (χ2v) is 6.37. The predicted molar refractivity (Wildman–Crippen MR) is 92.0 cm³/mol. The molecule has 1 aliphatic rings. The van der Waals surface area contributed by atoms with E-state index in [1.807, 2.05) is 18.2 Å². The molecule has 0 atom stereocenters. The maximum atomic E-state index is 11.0. The molecule has 23 heavy (non-hydrogen) atoms. The van der Waals surface area contributed by atoms with Gasteiger partial charge < -0.3 is 14.9 Å². The van der Waals surface area contributed by atoms with E-state index >= 15 is 0 Å². The second-order valence-electron chi connectivity index (χ2n) is 5.11.